The number of hydrogen-bond donors (Lipinski definition) is 1. The van der Waals surface area contributed by atoms with Gasteiger partial charge in [-0.2, -0.15) is 0 Å². The minimum Gasteiger partial charge on any atom is -0.303 e. The van der Waals surface area contributed by atoms with Crippen molar-refractivity contribution in [2.24, 2.45) is 0 Å². The van der Waals surface area contributed by atoms with Crippen LogP contribution in [0.3, 0.4) is 0 Å². The fraction of sp³-hybridized carbons (Fsp3) is 0.333. The van der Waals surface area contributed by atoms with E-state index in [4.69, 9.17) is 0 Å². The third-order valence-electron chi connectivity index (χ3n) is 4.25. The highest BCUT2D eigenvalue weighted by molar-refractivity contribution is 9.10. The van der Waals surface area contributed by atoms with Crippen LogP contribution in [0.1, 0.15) is 48.5 Å². The summed E-state index contributed by atoms with van der Waals surface area (Å²) in [6.45, 7) is 2.03. The van der Waals surface area contributed by atoms with Crippen LogP contribution in [0.4, 0.5) is 4.39 Å². The Morgan fingerprint density at radius 1 is 1.24 bits per heavy atom. The largest absolute Gasteiger partial charge is 0.303 e. The SMILES string of the molecule is CC(NC1CCCc2ccccc21)c1ccc(Br)cc1F. The van der Waals surface area contributed by atoms with Gasteiger partial charge in [-0.05, 0) is 49.4 Å². The van der Waals surface area contributed by atoms with E-state index in [0.717, 1.165) is 22.9 Å². The summed E-state index contributed by atoms with van der Waals surface area (Å²) in [5.74, 6) is -0.159. The predicted octanol–water partition coefficient (Wildman–Crippen LogP) is 5.32. The Bertz CT molecular complexity index is 641. The average Bonchev–Trinajstić information content (AvgIpc) is 2.47. The fourth-order valence-corrected chi connectivity index (χ4v) is 3.50. The molecule has 1 N–H and O–H groups in total. The van der Waals surface area contributed by atoms with E-state index in [1.165, 1.54) is 23.6 Å². The molecule has 0 radical (unpaired) electrons. The van der Waals surface area contributed by atoms with E-state index in [0.29, 0.717) is 6.04 Å². The van der Waals surface area contributed by atoms with Gasteiger partial charge in [-0.3, -0.25) is 0 Å². The van der Waals surface area contributed by atoms with E-state index in [2.05, 4.69) is 45.5 Å². The fourth-order valence-electron chi connectivity index (χ4n) is 3.17. The van der Waals surface area contributed by atoms with E-state index in [9.17, 15) is 4.39 Å². The summed E-state index contributed by atoms with van der Waals surface area (Å²) in [6.07, 6.45) is 3.44. The van der Waals surface area contributed by atoms with E-state index in [1.807, 2.05) is 19.1 Å². The molecule has 0 heterocycles. The molecule has 1 nitrogen and oxygen atoms in total. The molecule has 0 fully saturated rings. The van der Waals surface area contributed by atoms with Crippen LogP contribution < -0.4 is 5.32 Å². The van der Waals surface area contributed by atoms with Crippen molar-refractivity contribution in [1.29, 1.82) is 0 Å². The van der Waals surface area contributed by atoms with Crippen molar-refractivity contribution < 1.29 is 4.39 Å². The van der Waals surface area contributed by atoms with Gasteiger partial charge in [0.05, 0.1) is 0 Å². The summed E-state index contributed by atoms with van der Waals surface area (Å²) >= 11 is 3.30. The highest BCUT2D eigenvalue weighted by Crippen LogP contribution is 2.32. The summed E-state index contributed by atoms with van der Waals surface area (Å²) in [5.41, 5.74) is 3.51. The number of halogens is 2. The van der Waals surface area contributed by atoms with Gasteiger partial charge < -0.3 is 5.32 Å². The molecule has 2 aromatic rings. The molecule has 0 aromatic heterocycles. The molecule has 1 aliphatic rings. The summed E-state index contributed by atoms with van der Waals surface area (Å²) < 4.78 is 14.9. The average molecular weight is 348 g/mol. The first kappa shape index (κ1) is 14.7. The second-order valence-electron chi connectivity index (χ2n) is 5.70. The minimum absolute atomic E-state index is 0.00532. The normalized spacial score (nSPS) is 19.1. The summed E-state index contributed by atoms with van der Waals surface area (Å²) in [7, 11) is 0. The zero-order valence-electron chi connectivity index (χ0n) is 12.1. The van der Waals surface area contributed by atoms with Gasteiger partial charge in [0.25, 0.3) is 0 Å². The Balaban J connectivity index is 1.81. The van der Waals surface area contributed by atoms with Gasteiger partial charge in [-0.15, -0.1) is 0 Å². The smallest absolute Gasteiger partial charge is 0.129 e. The highest BCUT2D eigenvalue weighted by Gasteiger charge is 2.22. The number of nitrogens with one attached hydrogen (secondary N) is 1. The molecule has 0 saturated carbocycles. The predicted molar refractivity (Wildman–Crippen MR) is 87.8 cm³/mol. The second-order valence-corrected chi connectivity index (χ2v) is 6.61. The van der Waals surface area contributed by atoms with Gasteiger partial charge in [-0.25, -0.2) is 4.39 Å². The number of rotatable bonds is 3. The molecule has 110 valence electrons. The lowest BCUT2D eigenvalue weighted by Gasteiger charge is -2.29. The van der Waals surface area contributed by atoms with Crippen LogP contribution >= 0.6 is 15.9 Å². The molecule has 3 heteroatoms. The lowest BCUT2D eigenvalue weighted by molar-refractivity contribution is 0.407. The highest BCUT2D eigenvalue weighted by atomic mass is 79.9. The third-order valence-corrected chi connectivity index (χ3v) is 4.74. The lowest BCUT2D eigenvalue weighted by Crippen LogP contribution is -2.28. The Kier molecular flexibility index (Phi) is 4.41. The van der Waals surface area contributed by atoms with Crippen molar-refractivity contribution in [3.63, 3.8) is 0 Å². The Labute approximate surface area is 133 Å². The van der Waals surface area contributed by atoms with Gasteiger partial charge in [0, 0.05) is 22.1 Å². The van der Waals surface area contributed by atoms with Crippen LogP contribution in [0.5, 0.6) is 0 Å². The maximum absolute atomic E-state index is 14.1. The molecular formula is C18H19BrFN. The first-order valence-electron chi connectivity index (χ1n) is 7.44. The number of benzene rings is 2. The van der Waals surface area contributed by atoms with Gasteiger partial charge in [0.1, 0.15) is 5.82 Å². The van der Waals surface area contributed by atoms with Crippen LogP contribution in [-0.2, 0) is 6.42 Å². The van der Waals surface area contributed by atoms with Crippen LogP contribution in [0, 0.1) is 5.82 Å². The van der Waals surface area contributed by atoms with E-state index in [1.54, 1.807) is 0 Å². The van der Waals surface area contributed by atoms with Crippen LogP contribution in [0.25, 0.3) is 0 Å². The summed E-state index contributed by atoms with van der Waals surface area (Å²) in [4.78, 5) is 0. The number of aryl methyl sites for hydroxylation is 1. The zero-order chi connectivity index (χ0) is 14.8. The topological polar surface area (TPSA) is 12.0 Å². The quantitative estimate of drug-likeness (QED) is 0.792. The van der Waals surface area contributed by atoms with Crippen molar-refractivity contribution in [3.05, 3.63) is 69.4 Å². The number of fused-ring (bicyclic) bond motifs is 1. The molecular weight excluding hydrogens is 329 g/mol. The van der Waals surface area contributed by atoms with Crippen molar-refractivity contribution in [1.82, 2.24) is 5.32 Å². The maximum Gasteiger partial charge on any atom is 0.129 e. The standard InChI is InChI=1S/C18H19BrFN/c1-12(15-10-9-14(19)11-17(15)20)21-18-8-4-6-13-5-2-3-7-16(13)18/h2-3,5,7,9-12,18,21H,4,6,8H2,1H3. The first-order chi connectivity index (χ1) is 10.1. The molecule has 3 rings (SSSR count). The first-order valence-corrected chi connectivity index (χ1v) is 8.23. The van der Waals surface area contributed by atoms with Crippen molar-refractivity contribution >= 4 is 15.9 Å². The second kappa shape index (κ2) is 6.29. The monoisotopic (exact) mass is 347 g/mol. The minimum atomic E-state index is -0.159. The van der Waals surface area contributed by atoms with Crippen molar-refractivity contribution in [2.75, 3.05) is 0 Å². The van der Waals surface area contributed by atoms with E-state index in [-0.39, 0.29) is 11.9 Å². The molecule has 0 bridgehead atoms. The van der Waals surface area contributed by atoms with Crippen LogP contribution in [-0.4, -0.2) is 0 Å². The van der Waals surface area contributed by atoms with Gasteiger partial charge in [0.15, 0.2) is 0 Å². The van der Waals surface area contributed by atoms with Crippen molar-refractivity contribution in [2.45, 2.75) is 38.3 Å². The number of hydrogen-bond acceptors (Lipinski definition) is 1. The molecule has 21 heavy (non-hydrogen) atoms. The van der Waals surface area contributed by atoms with Gasteiger partial charge in [-0.1, -0.05) is 46.3 Å². The molecule has 2 unspecified atom stereocenters. The Hall–Kier alpha value is -1.19. The summed E-state index contributed by atoms with van der Waals surface area (Å²) in [5, 5.41) is 3.60. The molecule has 2 aromatic carbocycles. The summed E-state index contributed by atoms with van der Waals surface area (Å²) in [6, 6.07) is 14.2. The Morgan fingerprint density at radius 2 is 2.05 bits per heavy atom. The maximum atomic E-state index is 14.1. The lowest BCUT2D eigenvalue weighted by atomic mass is 9.87. The molecule has 1 aliphatic carbocycles. The van der Waals surface area contributed by atoms with Crippen LogP contribution in [0.15, 0.2) is 46.9 Å². The molecule has 2 atom stereocenters. The van der Waals surface area contributed by atoms with E-state index >= 15 is 0 Å². The van der Waals surface area contributed by atoms with Crippen molar-refractivity contribution in [3.8, 4) is 0 Å². The van der Waals surface area contributed by atoms with Crippen LogP contribution in [0.2, 0.25) is 0 Å². The molecule has 0 amide bonds. The van der Waals surface area contributed by atoms with Gasteiger partial charge in [0.2, 0.25) is 0 Å². The molecule has 0 saturated heterocycles. The van der Waals surface area contributed by atoms with Gasteiger partial charge >= 0.3 is 0 Å². The van der Waals surface area contributed by atoms with E-state index < -0.39 is 0 Å². The molecule has 0 aliphatic heterocycles. The zero-order valence-corrected chi connectivity index (χ0v) is 13.7. The molecule has 0 spiro atoms. The third kappa shape index (κ3) is 3.19. The Morgan fingerprint density at radius 3 is 2.86 bits per heavy atom.